The number of hydrogen-bond donors (Lipinski definition) is 1. The standard InChI is InChI=1S/C15H21NOS/c1-11-6-7-12(17-11)10-16-14-8-9-18-15-5-3-2-4-13(14)15/h2-5,11-12,14,16H,6-10H2,1H3. The molecule has 3 unspecified atom stereocenters. The largest absolute Gasteiger partial charge is 0.374 e. The molecule has 0 bridgehead atoms. The summed E-state index contributed by atoms with van der Waals surface area (Å²) in [5, 5.41) is 3.70. The monoisotopic (exact) mass is 263 g/mol. The predicted octanol–water partition coefficient (Wildman–Crippen LogP) is 3.38. The molecule has 2 heterocycles. The second kappa shape index (κ2) is 5.64. The second-order valence-electron chi connectivity index (χ2n) is 5.28. The third-order valence-electron chi connectivity index (χ3n) is 3.87. The molecule has 18 heavy (non-hydrogen) atoms. The van der Waals surface area contributed by atoms with E-state index in [1.54, 1.807) is 0 Å². The molecule has 1 saturated heterocycles. The fraction of sp³-hybridized carbons (Fsp3) is 0.600. The van der Waals surface area contributed by atoms with Gasteiger partial charge in [0, 0.05) is 17.5 Å². The van der Waals surface area contributed by atoms with Crippen LogP contribution in [-0.2, 0) is 4.74 Å². The molecule has 2 aliphatic rings. The Bertz CT molecular complexity index is 409. The van der Waals surface area contributed by atoms with Gasteiger partial charge in [-0.25, -0.2) is 0 Å². The molecule has 2 nitrogen and oxygen atoms in total. The Hall–Kier alpha value is -0.510. The normalized spacial score (nSPS) is 31.3. The third kappa shape index (κ3) is 2.73. The second-order valence-corrected chi connectivity index (χ2v) is 6.42. The minimum Gasteiger partial charge on any atom is -0.374 e. The zero-order valence-electron chi connectivity index (χ0n) is 10.9. The number of nitrogens with one attached hydrogen (secondary N) is 1. The molecule has 0 saturated carbocycles. The Morgan fingerprint density at radius 3 is 3.00 bits per heavy atom. The van der Waals surface area contributed by atoms with Crippen molar-refractivity contribution in [2.24, 2.45) is 0 Å². The number of ether oxygens (including phenoxy) is 1. The van der Waals surface area contributed by atoms with E-state index in [0.717, 1.165) is 6.54 Å². The van der Waals surface area contributed by atoms with Gasteiger partial charge >= 0.3 is 0 Å². The van der Waals surface area contributed by atoms with Gasteiger partial charge in [-0.15, -0.1) is 11.8 Å². The SMILES string of the molecule is CC1CCC(CNC2CCSc3ccccc32)O1. The number of fused-ring (bicyclic) bond motifs is 1. The predicted molar refractivity (Wildman–Crippen MR) is 76.1 cm³/mol. The summed E-state index contributed by atoms with van der Waals surface area (Å²) >= 11 is 1.98. The van der Waals surface area contributed by atoms with Crippen molar-refractivity contribution >= 4 is 11.8 Å². The van der Waals surface area contributed by atoms with Crippen molar-refractivity contribution in [2.45, 2.75) is 49.3 Å². The molecule has 0 aliphatic carbocycles. The van der Waals surface area contributed by atoms with Crippen molar-refractivity contribution in [1.29, 1.82) is 0 Å². The molecule has 0 amide bonds. The van der Waals surface area contributed by atoms with Crippen LogP contribution in [0.3, 0.4) is 0 Å². The first-order valence-electron chi connectivity index (χ1n) is 6.93. The van der Waals surface area contributed by atoms with E-state index in [4.69, 9.17) is 4.74 Å². The minimum absolute atomic E-state index is 0.418. The van der Waals surface area contributed by atoms with E-state index in [1.807, 2.05) is 11.8 Å². The summed E-state index contributed by atoms with van der Waals surface area (Å²) < 4.78 is 5.87. The number of thioether (sulfide) groups is 1. The van der Waals surface area contributed by atoms with Crippen LogP contribution < -0.4 is 5.32 Å². The van der Waals surface area contributed by atoms with E-state index in [-0.39, 0.29) is 0 Å². The first kappa shape index (κ1) is 12.5. The highest BCUT2D eigenvalue weighted by molar-refractivity contribution is 7.99. The Morgan fingerprint density at radius 2 is 2.17 bits per heavy atom. The average molecular weight is 263 g/mol. The zero-order chi connectivity index (χ0) is 12.4. The van der Waals surface area contributed by atoms with E-state index in [0.29, 0.717) is 18.2 Å². The summed E-state index contributed by atoms with van der Waals surface area (Å²) in [6.07, 6.45) is 4.51. The lowest BCUT2D eigenvalue weighted by Crippen LogP contribution is -2.32. The quantitative estimate of drug-likeness (QED) is 0.903. The van der Waals surface area contributed by atoms with Gasteiger partial charge in [-0.3, -0.25) is 0 Å². The van der Waals surface area contributed by atoms with E-state index in [9.17, 15) is 0 Å². The van der Waals surface area contributed by atoms with Gasteiger partial charge in [-0.2, -0.15) is 0 Å². The van der Waals surface area contributed by atoms with Crippen molar-refractivity contribution in [1.82, 2.24) is 5.32 Å². The molecule has 3 rings (SSSR count). The van der Waals surface area contributed by atoms with E-state index >= 15 is 0 Å². The molecular formula is C15H21NOS. The van der Waals surface area contributed by atoms with Crippen LogP contribution in [0, 0.1) is 0 Å². The first-order valence-corrected chi connectivity index (χ1v) is 7.92. The maximum absolute atomic E-state index is 5.87. The Balaban J connectivity index is 1.60. The van der Waals surface area contributed by atoms with Gasteiger partial charge in [-0.05, 0) is 43.6 Å². The molecule has 2 aliphatic heterocycles. The molecule has 3 atom stereocenters. The first-order chi connectivity index (χ1) is 8.83. The fourth-order valence-electron chi connectivity index (χ4n) is 2.86. The molecule has 0 radical (unpaired) electrons. The van der Waals surface area contributed by atoms with Crippen LogP contribution in [0.2, 0.25) is 0 Å². The molecule has 0 aromatic heterocycles. The lowest BCUT2D eigenvalue weighted by molar-refractivity contribution is 0.0541. The average Bonchev–Trinajstić information content (AvgIpc) is 2.82. The van der Waals surface area contributed by atoms with Crippen LogP contribution in [0.25, 0.3) is 0 Å². The van der Waals surface area contributed by atoms with Crippen molar-refractivity contribution in [3.63, 3.8) is 0 Å². The van der Waals surface area contributed by atoms with Gasteiger partial charge < -0.3 is 10.1 Å². The van der Waals surface area contributed by atoms with Crippen molar-refractivity contribution in [3.8, 4) is 0 Å². The van der Waals surface area contributed by atoms with E-state index in [2.05, 4.69) is 36.5 Å². The van der Waals surface area contributed by atoms with Crippen LogP contribution in [0.15, 0.2) is 29.2 Å². The molecule has 1 fully saturated rings. The topological polar surface area (TPSA) is 21.3 Å². The Kier molecular flexibility index (Phi) is 3.92. The molecule has 3 heteroatoms. The highest BCUT2D eigenvalue weighted by atomic mass is 32.2. The van der Waals surface area contributed by atoms with Crippen LogP contribution in [0.4, 0.5) is 0 Å². The van der Waals surface area contributed by atoms with Gasteiger partial charge in [-0.1, -0.05) is 18.2 Å². The van der Waals surface area contributed by atoms with Crippen molar-refractivity contribution in [2.75, 3.05) is 12.3 Å². The summed E-state index contributed by atoms with van der Waals surface area (Å²) in [6, 6.07) is 9.30. The van der Waals surface area contributed by atoms with Crippen LogP contribution >= 0.6 is 11.8 Å². The number of hydrogen-bond acceptors (Lipinski definition) is 3. The van der Waals surface area contributed by atoms with Crippen LogP contribution in [-0.4, -0.2) is 24.5 Å². The Labute approximate surface area is 113 Å². The van der Waals surface area contributed by atoms with E-state index in [1.165, 1.54) is 35.5 Å². The summed E-state index contributed by atoms with van der Waals surface area (Å²) in [5.74, 6) is 1.22. The lowest BCUT2D eigenvalue weighted by Gasteiger charge is -2.27. The zero-order valence-corrected chi connectivity index (χ0v) is 11.7. The summed E-state index contributed by atoms with van der Waals surface area (Å²) in [6.45, 7) is 3.17. The fourth-order valence-corrected chi connectivity index (χ4v) is 3.99. The summed E-state index contributed by atoms with van der Waals surface area (Å²) in [5.41, 5.74) is 1.47. The highest BCUT2D eigenvalue weighted by Gasteiger charge is 2.24. The van der Waals surface area contributed by atoms with Gasteiger partial charge in [0.1, 0.15) is 0 Å². The van der Waals surface area contributed by atoms with E-state index < -0.39 is 0 Å². The smallest absolute Gasteiger partial charge is 0.0704 e. The van der Waals surface area contributed by atoms with Gasteiger partial charge in [0.2, 0.25) is 0 Å². The lowest BCUT2D eigenvalue weighted by atomic mass is 10.0. The van der Waals surface area contributed by atoms with Crippen LogP contribution in [0.1, 0.15) is 37.8 Å². The summed E-state index contributed by atoms with van der Waals surface area (Å²) in [7, 11) is 0. The van der Waals surface area contributed by atoms with Crippen molar-refractivity contribution < 1.29 is 4.74 Å². The molecule has 1 N–H and O–H groups in total. The molecule has 1 aromatic carbocycles. The number of benzene rings is 1. The third-order valence-corrected chi connectivity index (χ3v) is 4.99. The minimum atomic E-state index is 0.418. The molecule has 98 valence electrons. The van der Waals surface area contributed by atoms with Crippen molar-refractivity contribution in [3.05, 3.63) is 29.8 Å². The molecule has 0 spiro atoms. The maximum Gasteiger partial charge on any atom is 0.0704 e. The van der Waals surface area contributed by atoms with Gasteiger partial charge in [0.05, 0.1) is 12.2 Å². The van der Waals surface area contributed by atoms with Gasteiger partial charge in [0.25, 0.3) is 0 Å². The summed E-state index contributed by atoms with van der Waals surface area (Å²) in [4.78, 5) is 1.45. The van der Waals surface area contributed by atoms with Crippen LogP contribution in [0.5, 0.6) is 0 Å². The maximum atomic E-state index is 5.87. The highest BCUT2D eigenvalue weighted by Crippen LogP contribution is 2.35. The number of rotatable bonds is 3. The van der Waals surface area contributed by atoms with Gasteiger partial charge in [0.15, 0.2) is 0 Å². The molecular weight excluding hydrogens is 242 g/mol. The molecule has 1 aromatic rings. The Morgan fingerprint density at radius 1 is 1.28 bits per heavy atom.